The highest BCUT2D eigenvalue weighted by Gasteiger charge is 2.37. The van der Waals surface area contributed by atoms with Crippen LogP contribution in [0.1, 0.15) is 63.4 Å². The van der Waals surface area contributed by atoms with Gasteiger partial charge in [-0.3, -0.25) is 9.59 Å². The van der Waals surface area contributed by atoms with Gasteiger partial charge < -0.3 is 16.0 Å². The molecule has 0 aliphatic heterocycles. The van der Waals surface area contributed by atoms with Crippen molar-refractivity contribution in [1.82, 2.24) is 4.90 Å². The van der Waals surface area contributed by atoms with E-state index in [0.29, 0.717) is 18.5 Å². The van der Waals surface area contributed by atoms with Crippen LogP contribution in [0.25, 0.3) is 0 Å². The van der Waals surface area contributed by atoms with Gasteiger partial charge in [0.1, 0.15) is 0 Å². The molecule has 1 aromatic rings. The second-order valence-corrected chi connectivity index (χ2v) is 8.62. The summed E-state index contributed by atoms with van der Waals surface area (Å²) >= 11 is 0. The fraction of sp³-hybridized carbons (Fsp3) is 0.636. The Morgan fingerprint density at radius 3 is 2.15 bits per heavy atom. The van der Waals surface area contributed by atoms with E-state index in [4.69, 9.17) is 5.73 Å². The van der Waals surface area contributed by atoms with Crippen molar-refractivity contribution in [1.29, 1.82) is 0 Å². The highest BCUT2D eigenvalue weighted by Crippen LogP contribution is 2.34. The van der Waals surface area contributed by atoms with Crippen LogP contribution in [0, 0.1) is 11.8 Å². The largest absolute Gasteiger partial charge is 0.335 e. The average Bonchev–Trinajstić information content (AvgIpc) is 3.45. The van der Waals surface area contributed by atoms with E-state index in [1.54, 1.807) is 0 Å². The Hall–Kier alpha value is -1.88. The van der Waals surface area contributed by atoms with E-state index in [0.717, 1.165) is 69.0 Å². The molecule has 3 N–H and O–H groups in total. The number of amides is 2. The molecule has 3 aliphatic rings. The van der Waals surface area contributed by atoms with E-state index in [1.807, 2.05) is 24.3 Å². The predicted octanol–water partition coefficient (Wildman–Crippen LogP) is 3.43. The van der Waals surface area contributed by atoms with E-state index in [9.17, 15) is 9.59 Å². The lowest BCUT2D eigenvalue weighted by Crippen LogP contribution is -2.44. The van der Waals surface area contributed by atoms with Crippen LogP contribution in [0.2, 0.25) is 0 Å². The molecule has 0 radical (unpaired) electrons. The Labute approximate surface area is 161 Å². The molecule has 0 atom stereocenters. The van der Waals surface area contributed by atoms with Crippen molar-refractivity contribution >= 4 is 17.5 Å². The quantitative estimate of drug-likeness (QED) is 0.806. The fourth-order valence-electron chi connectivity index (χ4n) is 4.17. The Bertz CT molecular complexity index is 671. The van der Waals surface area contributed by atoms with Gasteiger partial charge in [-0.1, -0.05) is 18.6 Å². The summed E-state index contributed by atoms with van der Waals surface area (Å²) in [7, 11) is 0. The number of carbonyl (C=O) groups is 2. The molecule has 0 heterocycles. The van der Waals surface area contributed by atoms with Gasteiger partial charge in [-0.05, 0) is 69.1 Å². The Kier molecular flexibility index (Phi) is 5.48. The van der Waals surface area contributed by atoms with Gasteiger partial charge in [-0.2, -0.15) is 0 Å². The molecule has 0 unspecified atom stereocenters. The first kappa shape index (κ1) is 18.5. The van der Waals surface area contributed by atoms with Gasteiger partial charge in [0, 0.05) is 36.2 Å². The Balaban J connectivity index is 1.39. The molecule has 4 rings (SSSR count). The minimum absolute atomic E-state index is 0.137. The van der Waals surface area contributed by atoms with Crippen molar-refractivity contribution in [3.8, 4) is 0 Å². The third-order valence-corrected chi connectivity index (χ3v) is 6.44. The minimum atomic E-state index is 0.137. The third kappa shape index (κ3) is 4.52. The van der Waals surface area contributed by atoms with Crippen LogP contribution in [-0.2, 0) is 16.1 Å². The van der Waals surface area contributed by atoms with Crippen molar-refractivity contribution in [2.75, 3.05) is 5.32 Å². The topological polar surface area (TPSA) is 75.4 Å². The van der Waals surface area contributed by atoms with E-state index < -0.39 is 0 Å². The van der Waals surface area contributed by atoms with E-state index >= 15 is 0 Å². The molecule has 3 saturated carbocycles. The maximum absolute atomic E-state index is 12.9. The van der Waals surface area contributed by atoms with Gasteiger partial charge in [0.25, 0.3) is 0 Å². The van der Waals surface area contributed by atoms with Crippen LogP contribution >= 0.6 is 0 Å². The normalized spacial score (nSPS) is 25.5. The number of nitrogens with zero attached hydrogens (tertiary/aromatic N) is 1. The number of carbonyl (C=O) groups excluding carboxylic acids is 2. The van der Waals surface area contributed by atoms with Crippen molar-refractivity contribution in [2.24, 2.45) is 17.6 Å². The molecule has 0 bridgehead atoms. The first-order valence-electron chi connectivity index (χ1n) is 10.6. The van der Waals surface area contributed by atoms with Gasteiger partial charge in [0.05, 0.1) is 0 Å². The van der Waals surface area contributed by atoms with E-state index in [-0.39, 0.29) is 23.8 Å². The summed E-state index contributed by atoms with van der Waals surface area (Å²) in [6.45, 7) is 0.659. The van der Waals surface area contributed by atoms with Crippen LogP contribution in [0.5, 0.6) is 0 Å². The lowest BCUT2D eigenvalue weighted by atomic mass is 9.85. The molecule has 0 spiro atoms. The van der Waals surface area contributed by atoms with Gasteiger partial charge in [0.15, 0.2) is 0 Å². The molecule has 5 heteroatoms. The van der Waals surface area contributed by atoms with Gasteiger partial charge in [-0.25, -0.2) is 0 Å². The van der Waals surface area contributed by atoms with Gasteiger partial charge in [-0.15, -0.1) is 0 Å². The minimum Gasteiger partial charge on any atom is -0.335 e. The number of rotatable bonds is 6. The summed E-state index contributed by atoms with van der Waals surface area (Å²) in [4.78, 5) is 27.0. The van der Waals surface area contributed by atoms with E-state index in [1.165, 1.54) is 0 Å². The van der Waals surface area contributed by atoms with Crippen LogP contribution in [0.3, 0.4) is 0 Å². The molecule has 1 aromatic carbocycles. The lowest BCUT2D eigenvalue weighted by Gasteiger charge is -2.36. The maximum Gasteiger partial charge on any atom is 0.227 e. The first-order valence-corrected chi connectivity index (χ1v) is 10.6. The van der Waals surface area contributed by atoms with Crippen molar-refractivity contribution in [3.63, 3.8) is 0 Å². The summed E-state index contributed by atoms with van der Waals surface area (Å²) in [5.74, 6) is 0.881. The standard InChI is InChI=1S/C22H31N3O2/c23-18-8-12-20(13-9-18)25(22(27)17-6-7-17)14-15-4-10-19(11-5-15)24-21(26)16-2-1-3-16/h4-5,10-11,16-18,20H,1-3,6-9,12-14,23H2,(H,24,26). The van der Waals surface area contributed by atoms with Crippen molar-refractivity contribution in [3.05, 3.63) is 29.8 Å². The molecular formula is C22H31N3O2. The molecule has 0 aromatic heterocycles. The molecule has 5 nitrogen and oxygen atoms in total. The van der Waals surface area contributed by atoms with Gasteiger partial charge >= 0.3 is 0 Å². The molecule has 3 aliphatic carbocycles. The highest BCUT2D eigenvalue weighted by molar-refractivity contribution is 5.93. The van der Waals surface area contributed by atoms with Gasteiger partial charge in [0.2, 0.25) is 11.8 Å². The fourth-order valence-corrected chi connectivity index (χ4v) is 4.17. The lowest BCUT2D eigenvalue weighted by molar-refractivity contribution is -0.136. The second kappa shape index (κ2) is 8.01. The highest BCUT2D eigenvalue weighted by atomic mass is 16.2. The SMILES string of the molecule is NC1CCC(N(Cc2ccc(NC(=O)C3CCC3)cc2)C(=O)C2CC2)CC1. The summed E-state index contributed by atoms with van der Waals surface area (Å²) in [5, 5.41) is 3.01. The van der Waals surface area contributed by atoms with Crippen LogP contribution in [0.4, 0.5) is 5.69 Å². The second-order valence-electron chi connectivity index (χ2n) is 8.62. The third-order valence-electron chi connectivity index (χ3n) is 6.44. The Morgan fingerprint density at radius 2 is 1.59 bits per heavy atom. The number of benzene rings is 1. The molecule has 27 heavy (non-hydrogen) atoms. The Morgan fingerprint density at radius 1 is 0.926 bits per heavy atom. The first-order chi connectivity index (χ1) is 13.1. The summed E-state index contributed by atoms with van der Waals surface area (Å²) in [6, 6.07) is 8.61. The molecule has 2 amide bonds. The van der Waals surface area contributed by atoms with Crippen LogP contribution in [0.15, 0.2) is 24.3 Å². The zero-order valence-electron chi connectivity index (χ0n) is 16.0. The van der Waals surface area contributed by atoms with E-state index in [2.05, 4.69) is 10.2 Å². The maximum atomic E-state index is 12.9. The van der Waals surface area contributed by atoms with Crippen molar-refractivity contribution < 1.29 is 9.59 Å². The molecule has 3 fully saturated rings. The number of hydrogen-bond acceptors (Lipinski definition) is 3. The molecular weight excluding hydrogens is 338 g/mol. The number of hydrogen-bond donors (Lipinski definition) is 2. The summed E-state index contributed by atoms with van der Waals surface area (Å²) < 4.78 is 0. The number of nitrogens with two attached hydrogens (primary N) is 1. The van der Waals surface area contributed by atoms with Crippen LogP contribution < -0.4 is 11.1 Å². The smallest absolute Gasteiger partial charge is 0.227 e. The number of anilines is 1. The predicted molar refractivity (Wildman–Crippen MR) is 106 cm³/mol. The molecule has 146 valence electrons. The average molecular weight is 370 g/mol. The summed E-state index contributed by atoms with van der Waals surface area (Å²) in [6.07, 6.45) is 9.27. The number of nitrogens with one attached hydrogen (secondary N) is 1. The monoisotopic (exact) mass is 369 g/mol. The molecule has 0 saturated heterocycles. The van der Waals surface area contributed by atoms with Crippen molar-refractivity contribution in [2.45, 2.75) is 76.4 Å². The zero-order valence-corrected chi connectivity index (χ0v) is 16.0. The zero-order chi connectivity index (χ0) is 18.8. The van der Waals surface area contributed by atoms with Crippen LogP contribution in [-0.4, -0.2) is 28.8 Å². The summed E-state index contributed by atoms with van der Waals surface area (Å²) in [5.41, 5.74) is 8.02.